The van der Waals surface area contributed by atoms with Gasteiger partial charge in [0.25, 0.3) is 0 Å². The van der Waals surface area contributed by atoms with Crippen LogP contribution in [0.1, 0.15) is 26.3 Å². The summed E-state index contributed by atoms with van der Waals surface area (Å²) in [6.45, 7) is 0.946. The standard InChI is InChI=1S/C18H18N2O2S2/c21-17(15-7-4-10-23-15)16-9-8-14(24-16)12-20-18(22)19-11-13-5-2-1-3-6-13/h1-10,17,21H,11-12H2,(H2,19,20,22). The summed E-state index contributed by atoms with van der Waals surface area (Å²) in [5.41, 5.74) is 1.06. The van der Waals surface area contributed by atoms with Crippen molar-refractivity contribution in [2.45, 2.75) is 19.2 Å². The predicted molar refractivity (Wildman–Crippen MR) is 98.2 cm³/mol. The van der Waals surface area contributed by atoms with Crippen molar-refractivity contribution in [3.63, 3.8) is 0 Å². The van der Waals surface area contributed by atoms with Gasteiger partial charge in [0.15, 0.2) is 0 Å². The lowest BCUT2D eigenvalue weighted by Crippen LogP contribution is -2.34. The van der Waals surface area contributed by atoms with E-state index in [1.54, 1.807) is 0 Å². The lowest BCUT2D eigenvalue weighted by atomic mass is 10.2. The Morgan fingerprint density at radius 3 is 2.50 bits per heavy atom. The summed E-state index contributed by atoms with van der Waals surface area (Å²) < 4.78 is 0. The number of carbonyl (C=O) groups excluding carboxylic acids is 1. The Morgan fingerprint density at radius 1 is 0.958 bits per heavy atom. The van der Waals surface area contributed by atoms with Crippen LogP contribution in [-0.4, -0.2) is 11.1 Å². The molecule has 0 spiro atoms. The largest absolute Gasteiger partial charge is 0.382 e. The zero-order valence-corrected chi connectivity index (χ0v) is 14.6. The average Bonchev–Trinajstić information content (AvgIpc) is 3.30. The minimum absolute atomic E-state index is 0.201. The summed E-state index contributed by atoms with van der Waals surface area (Å²) in [7, 11) is 0. The van der Waals surface area contributed by atoms with Crippen LogP contribution in [0.4, 0.5) is 4.79 Å². The van der Waals surface area contributed by atoms with E-state index in [0.29, 0.717) is 13.1 Å². The average molecular weight is 358 g/mol. The van der Waals surface area contributed by atoms with Crippen LogP contribution in [0.3, 0.4) is 0 Å². The minimum Gasteiger partial charge on any atom is -0.382 e. The van der Waals surface area contributed by atoms with Crippen molar-refractivity contribution in [2.24, 2.45) is 0 Å². The maximum Gasteiger partial charge on any atom is 0.315 e. The Balaban J connectivity index is 1.47. The number of aliphatic hydroxyl groups excluding tert-OH is 1. The van der Waals surface area contributed by atoms with Crippen LogP contribution in [0.2, 0.25) is 0 Å². The van der Waals surface area contributed by atoms with Crippen molar-refractivity contribution >= 4 is 28.7 Å². The van der Waals surface area contributed by atoms with E-state index in [1.807, 2.05) is 60.0 Å². The molecule has 0 saturated heterocycles. The number of amides is 2. The van der Waals surface area contributed by atoms with E-state index < -0.39 is 6.10 Å². The van der Waals surface area contributed by atoms with Gasteiger partial charge in [0, 0.05) is 21.2 Å². The molecule has 0 radical (unpaired) electrons. The van der Waals surface area contributed by atoms with Crippen LogP contribution in [0.15, 0.2) is 60.0 Å². The Bertz CT molecular complexity index is 769. The Kier molecular flexibility index (Phi) is 5.63. The van der Waals surface area contributed by atoms with Gasteiger partial charge < -0.3 is 15.7 Å². The molecular formula is C18H18N2O2S2. The van der Waals surface area contributed by atoms with Gasteiger partial charge in [-0.25, -0.2) is 4.79 Å². The first kappa shape index (κ1) is 16.7. The van der Waals surface area contributed by atoms with E-state index in [9.17, 15) is 9.90 Å². The van der Waals surface area contributed by atoms with Gasteiger partial charge in [-0.3, -0.25) is 0 Å². The third-order valence-electron chi connectivity index (χ3n) is 3.48. The molecular weight excluding hydrogens is 340 g/mol. The lowest BCUT2D eigenvalue weighted by Gasteiger charge is -2.07. The fourth-order valence-corrected chi connectivity index (χ4v) is 3.99. The molecule has 0 bridgehead atoms. The van der Waals surface area contributed by atoms with Crippen molar-refractivity contribution < 1.29 is 9.90 Å². The van der Waals surface area contributed by atoms with E-state index in [0.717, 1.165) is 20.2 Å². The van der Waals surface area contributed by atoms with Crippen LogP contribution >= 0.6 is 22.7 Å². The molecule has 0 aliphatic heterocycles. The zero-order valence-electron chi connectivity index (χ0n) is 12.9. The van der Waals surface area contributed by atoms with Gasteiger partial charge in [-0.05, 0) is 29.1 Å². The molecule has 0 aliphatic rings. The molecule has 2 aromatic heterocycles. The highest BCUT2D eigenvalue weighted by atomic mass is 32.1. The zero-order chi connectivity index (χ0) is 16.8. The monoisotopic (exact) mass is 358 g/mol. The molecule has 0 aliphatic carbocycles. The molecule has 2 amide bonds. The quantitative estimate of drug-likeness (QED) is 0.626. The van der Waals surface area contributed by atoms with Crippen molar-refractivity contribution in [1.29, 1.82) is 0 Å². The van der Waals surface area contributed by atoms with Crippen molar-refractivity contribution in [3.05, 3.63) is 80.2 Å². The van der Waals surface area contributed by atoms with Crippen molar-refractivity contribution in [2.75, 3.05) is 0 Å². The van der Waals surface area contributed by atoms with Crippen molar-refractivity contribution in [3.8, 4) is 0 Å². The molecule has 1 aromatic carbocycles. The smallest absolute Gasteiger partial charge is 0.315 e. The third kappa shape index (κ3) is 4.44. The second kappa shape index (κ2) is 8.10. The van der Waals surface area contributed by atoms with E-state index >= 15 is 0 Å². The van der Waals surface area contributed by atoms with Crippen LogP contribution in [0, 0.1) is 0 Å². The highest BCUT2D eigenvalue weighted by molar-refractivity contribution is 7.12. The molecule has 2 heterocycles. The number of nitrogens with one attached hydrogen (secondary N) is 2. The maximum absolute atomic E-state index is 11.9. The van der Waals surface area contributed by atoms with Crippen molar-refractivity contribution in [1.82, 2.24) is 10.6 Å². The molecule has 1 unspecified atom stereocenters. The first-order valence-corrected chi connectivity index (χ1v) is 9.27. The fraction of sp³-hybridized carbons (Fsp3) is 0.167. The lowest BCUT2D eigenvalue weighted by molar-refractivity contribution is 0.228. The Labute approximate surface area is 148 Å². The van der Waals surface area contributed by atoms with E-state index in [1.165, 1.54) is 22.7 Å². The number of aliphatic hydroxyl groups is 1. The molecule has 124 valence electrons. The molecule has 3 N–H and O–H groups in total. The molecule has 3 rings (SSSR count). The van der Waals surface area contributed by atoms with Gasteiger partial charge in [-0.1, -0.05) is 36.4 Å². The predicted octanol–water partition coefficient (Wildman–Crippen LogP) is 3.89. The van der Waals surface area contributed by atoms with Crippen LogP contribution < -0.4 is 10.6 Å². The molecule has 3 aromatic rings. The summed E-state index contributed by atoms with van der Waals surface area (Å²) >= 11 is 3.04. The maximum atomic E-state index is 11.9. The second-order valence-electron chi connectivity index (χ2n) is 5.24. The summed E-state index contributed by atoms with van der Waals surface area (Å²) in [6, 6.07) is 17.3. The molecule has 24 heavy (non-hydrogen) atoms. The second-order valence-corrected chi connectivity index (χ2v) is 7.42. The van der Waals surface area contributed by atoms with E-state index in [4.69, 9.17) is 0 Å². The van der Waals surface area contributed by atoms with Gasteiger partial charge in [-0.2, -0.15) is 0 Å². The number of benzene rings is 1. The number of urea groups is 1. The molecule has 4 nitrogen and oxygen atoms in total. The number of hydrogen-bond acceptors (Lipinski definition) is 4. The van der Waals surface area contributed by atoms with Gasteiger partial charge in [0.05, 0.1) is 6.54 Å². The van der Waals surface area contributed by atoms with Gasteiger partial charge >= 0.3 is 6.03 Å². The number of thiophene rings is 2. The molecule has 0 saturated carbocycles. The van der Waals surface area contributed by atoms with Crippen LogP contribution in [-0.2, 0) is 13.1 Å². The summed E-state index contributed by atoms with van der Waals surface area (Å²) in [4.78, 5) is 14.7. The highest BCUT2D eigenvalue weighted by Crippen LogP contribution is 2.30. The third-order valence-corrected chi connectivity index (χ3v) is 5.55. The van der Waals surface area contributed by atoms with E-state index in [2.05, 4.69) is 10.6 Å². The number of carbonyl (C=O) groups is 1. The normalized spacial score (nSPS) is 11.9. The SMILES string of the molecule is O=C(NCc1ccccc1)NCc1ccc(C(O)c2cccs2)s1. The molecule has 0 fully saturated rings. The summed E-state index contributed by atoms with van der Waals surface area (Å²) in [5, 5.41) is 17.9. The topological polar surface area (TPSA) is 61.4 Å². The van der Waals surface area contributed by atoms with Gasteiger partial charge in [-0.15, -0.1) is 22.7 Å². The summed E-state index contributed by atoms with van der Waals surface area (Å²) in [6.07, 6.45) is -0.587. The number of rotatable bonds is 6. The Hall–Kier alpha value is -2.15. The van der Waals surface area contributed by atoms with Crippen LogP contribution in [0.5, 0.6) is 0 Å². The summed E-state index contributed by atoms with van der Waals surface area (Å²) in [5.74, 6) is 0. The van der Waals surface area contributed by atoms with Gasteiger partial charge in [0.1, 0.15) is 6.10 Å². The van der Waals surface area contributed by atoms with E-state index in [-0.39, 0.29) is 6.03 Å². The van der Waals surface area contributed by atoms with Crippen LogP contribution in [0.25, 0.3) is 0 Å². The molecule has 6 heteroatoms. The highest BCUT2D eigenvalue weighted by Gasteiger charge is 2.14. The first-order valence-electron chi connectivity index (χ1n) is 7.58. The Morgan fingerprint density at radius 2 is 1.75 bits per heavy atom. The first-order chi connectivity index (χ1) is 11.7. The number of hydrogen-bond donors (Lipinski definition) is 3. The van der Waals surface area contributed by atoms with Gasteiger partial charge in [0.2, 0.25) is 0 Å². The minimum atomic E-state index is -0.587. The molecule has 1 atom stereocenters. The fourth-order valence-electron chi connectivity index (χ4n) is 2.23.